The molecule has 0 aliphatic carbocycles. The van der Waals surface area contributed by atoms with Crippen molar-refractivity contribution in [3.8, 4) is 0 Å². The Morgan fingerprint density at radius 1 is 1.50 bits per heavy atom. The van der Waals surface area contributed by atoms with E-state index in [2.05, 4.69) is 5.32 Å². The summed E-state index contributed by atoms with van der Waals surface area (Å²) in [6.07, 6.45) is 0. The molecule has 6 heteroatoms. The molecule has 0 spiro atoms. The molecule has 0 bridgehead atoms. The smallest absolute Gasteiger partial charge is 0.331 e. The molecule has 4 N–H and O–H groups in total. The van der Waals surface area contributed by atoms with Crippen molar-refractivity contribution in [1.29, 1.82) is 0 Å². The Labute approximate surface area is 71.1 Å². The average Bonchev–Trinajstić information content (AvgIpc) is 2.12. The molecular weight excluding hydrogens is 160 g/mol. The van der Waals surface area contributed by atoms with Crippen LogP contribution in [0.2, 0.25) is 0 Å². The number of amides is 3. The van der Waals surface area contributed by atoms with E-state index < -0.39 is 6.03 Å². The maximum absolute atomic E-state index is 10.9. The lowest BCUT2D eigenvalue weighted by atomic mass is 10.5. The SMILES string of the molecule is CCN(CC(=O)NC)C(=O)NN. The molecule has 0 heterocycles. The van der Waals surface area contributed by atoms with Gasteiger partial charge in [-0.2, -0.15) is 0 Å². The minimum absolute atomic E-state index is 0.0238. The molecule has 0 aromatic carbocycles. The van der Waals surface area contributed by atoms with Gasteiger partial charge in [-0.15, -0.1) is 0 Å². The van der Waals surface area contributed by atoms with Gasteiger partial charge in [0.05, 0.1) is 0 Å². The minimum atomic E-state index is -0.457. The molecule has 0 unspecified atom stereocenters. The van der Waals surface area contributed by atoms with E-state index in [0.717, 1.165) is 0 Å². The van der Waals surface area contributed by atoms with Gasteiger partial charge in [0, 0.05) is 13.6 Å². The number of nitrogens with two attached hydrogens (primary N) is 1. The molecule has 0 fully saturated rings. The van der Waals surface area contributed by atoms with Gasteiger partial charge in [0.25, 0.3) is 0 Å². The van der Waals surface area contributed by atoms with Gasteiger partial charge in [-0.25, -0.2) is 10.6 Å². The second-order valence-electron chi connectivity index (χ2n) is 2.14. The Morgan fingerprint density at radius 3 is 2.42 bits per heavy atom. The molecule has 0 aromatic heterocycles. The maximum atomic E-state index is 10.9. The van der Waals surface area contributed by atoms with Crippen molar-refractivity contribution in [1.82, 2.24) is 15.6 Å². The van der Waals surface area contributed by atoms with Crippen LogP contribution in [0.15, 0.2) is 0 Å². The fourth-order valence-electron chi connectivity index (χ4n) is 0.671. The third-order valence-electron chi connectivity index (χ3n) is 1.41. The molecule has 0 rings (SSSR count). The van der Waals surface area contributed by atoms with Crippen molar-refractivity contribution < 1.29 is 9.59 Å². The highest BCUT2D eigenvalue weighted by molar-refractivity contribution is 5.83. The zero-order valence-electron chi connectivity index (χ0n) is 7.26. The van der Waals surface area contributed by atoms with E-state index in [-0.39, 0.29) is 12.5 Å². The van der Waals surface area contributed by atoms with E-state index in [4.69, 9.17) is 5.84 Å². The van der Waals surface area contributed by atoms with Crippen LogP contribution in [0.5, 0.6) is 0 Å². The lowest BCUT2D eigenvalue weighted by Crippen LogP contribution is -2.47. The summed E-state index contributed by atoms with van der Waals surface area (Å²) in [6, 6.07) is -0.457. The van der Waals surface area contributed by atoms with Crippen LogP contribution < -0.4 is 16.6 Å². The predicted molar refractivity (Wildman–Crippen MR) is 44.0 cm³/mol. The van der Waals surface area contributed by atoms with Crippen molar-refractivity contribution in [3.05, 3.63) is 0 Å². The summed E-state index contributed by atoms with van der Waals surface area (Å²) in [4.78, 5) is 23.0. The predicted octanol–water partition coefficient (Wildman–Crippen LogP) is -1.36. The van der Waals surface area contributed by atoms with Crippen LogP contribution in [0.3, 0.4) is 0 Å². The van der Waals surface area contributed by atoms with Gasteiger partial charge < -0.3 is 10.2 Å². The number of hydrogen-bond donors (Lipinski definition) is 3. The number of nitrogens with one attached hydrogen (secondary N) is 2. The second kappa shape index (κ2) is 5.36. The first-order valence-corrected chi connectivity index (χ1v) is 3.61. The Bertz CT molecular complexity index is 171. The monoisotopic (exact) mass is 174 g/mol. The first-order chi connectivity index (χ1) is 5.65. The summed E-state index contributed by atoms with van der Waals surface area (Å²) in [6.45, 7) is 2.23. The number of urea groups is 1. The van der Waals surface area contributed by atoms with Crippen LogP contribution in [-0.2, 0) is 4.79 Å². The molecule has 6 nitrogen and oxygen atoms in total. The second-order valence-corrected chi connectivity index (χ2v) is 2.14. The molecule has 0 atom stereocenters. The van der Waals surface area contributed by atoms with Crippen molar-refractivity contribution in [3.63, 3.8) is 0 Å². The highest BCUT2D eigenvalue weighted by atomic mass is 16.2. The van der Waals surface area contributed by atoms with Crippen molar-refractivity contribution in [2.45, 2.75) is 6.92 Å². The maximum Gasteiger partial charge on any atom is 0.331 e. The minimum Gasteiger partial charge on any atom is -0.358 e. The zero-order chi connectivity index (χ0) is 9.56. The van der Waals surface area contributed by atoms with Crippen LogP contribution in [0.1, 0.15) is 6.92 Å². The molecule has 12 heavy (non-hydrogen) atoms. The topological polar surface area (TPSA) is 87.5 Å². The number of carbonyl (C=O) groups is 2. The number of hydrazine groups is 1. The summed E-state index contributed by atoms with van der Waals surface area (Å²) in [7, 11) is 1.51. The fourth-order valence-corrected chi connectivity index (χ4v) is 0.671. The standard InChI is InChI=1S/C6H14N4O2/c1-3-10(6(12)9-7)4-5(11)8-2/h3-4,7H2,1-2H3,(H,8,11)(H,9,12). The van der Waals surface area contributed by atoms with E-state index in [0.29, 0.717) is 6.54 Å². The summed E-state index contributed by atoms with van der Waals surface area (Å²) < 4.78 is 0. The normalized spacial score (nSPS) is 8.92. The molecule has 0 saturated carbocycles. The van der Waals surface area contributed by atoms with Crippen molar-refractivity contribution in [2.24, 2.45) is 5.84 Å². The molecule has 0 radical (unpaired) electrons. The Balaban J connectivity index is 3.99. The van der Waals surface area contributed by atoms with E-state index in [1.54, 1.807) is 6.92 Å². The summed E-state index contributed by atoms with van der Waals surface area (Å²) in [5, 5.41) is 2.41. The van der Waals surface area contributed by atoms with Gasteiger partial charge in [0.2, 0.25) is 5.91 Å². The van der Waals surface area contributed by atoms with E-state index >= 15 is 0 Å². The fraction of sp³-hybridized carbons (Fsp3) is 0.667. The molecule has 70 valence electrons. The van der Waals surface area contributed by atoms with Crippen LogP contribution in [0.25, 0.3) is 0 Å². The van der Waals surface area contributed by atoms with Gasteiger partial charge in [-0.3, -0.25) is 10.2 Å². The number of likely N-dealkylation sites (N-methyl/N-ethyl adjacent to an activating group) is 2. The van der Waals surface area contributed by atoms with E-state index in [1.807, 2.05) is 5.43 Å². The van der Waals surface area contributed by atoms with Crippen LogP contribution >= 0.6 is 0 Å². The highest BCUT2D eigenvalue weighted by Gasteiger charge is 2.12. The van der Waals surface area contributed by atoms with Gasteiger partial charge >= 0.3 is 6.03 Å². The van der Waals surface area contributed by atoms with E-state index in [1.165, 1.54) is 11.9 Å². The number of hydrogen-bond acceptors (Lipinski definition) is 3. The van der Waals surface area contributed by atoms with Gasteiger partial charge in [0.1, 0.15) is 6.54 Å². The summed E-state index contributed by atoms with van der Waals surface area (Å²) in [5.74, 6) is 4.67. The highest BCUT2D eigenvalue weighted by Crippen LogP contribution is 1.86. The molecular formula is C6H14N4O2. The van der Waals surface area contributed by atoms with E-state index in [9.17, 15) is 9.59 Å². The summed E-state index contributed by atoms with van der Waals surface area (Å²) >= 11 is 0. The lowest BCUT2D eigenvalue weighted by Gasteiger charge is -2.18. The lowest BCUT2D eigenvalue weighted by molar-refractivity contribution is -0.121. The van der Waals surface area contributed by atoms with Gasteiger partial charge in [-0.05, 0) is 6.92 Å². The Morgan fingerprint density at radius 2 is 2.08 bits per heavy atom. The van der Waals surface area contributed by atoms with Crippen LogP contribution in [-0.4, -0.2) is 37.0 Å². The van der Waals surface area contributed by atoms with Gasteiger partial charge in [-0.1, -0.05) is 0 Å². The molecule has 0 aliphatic rings. The van der Waals surface area contributed by atoms with Crippen LogP contribution in [0.4, 0.5) is 4.79 Å². The number of carbonyl (C=O) groups excluding carboxylic acids is 2. The number of nitrogens with zero attached hydrogens (tertiary/aromatic N) is 1. The first-order valence-electron chi connectivity index (χ1n) is 3.61. The molecule has 0 aromatic rings. The van der Waals surface area contributed by atoms with Gasteiger partial charge in [0.15, 0.2) is 0 Å². The van der Waals surface area contributed by atoms with Crippen molar-refractivity contribution in [2.75, 3.05) is 20.1 Å². The average molecular weight is 174 g/mol. The third kappa shape index (κ3) is 3.20. The van der Waals surface area contributed by atoms with Crippen molar-refractivity contribution >= 4 is 11.9 Å². The molecule has 0 saturated heterocycles. The van der Waals surface area contributed by atoms with Crippen LogP contribution in [0, 0.1) is 0 Å². The largest absolute Gasteiger partial charge is 0.358 e. The quantitative estimate of drug-likeness (QED) is 0.280. The summed E-state index contributed by atoms with van der Waals surface area (Å²) in [5.41, 5.74) is 1.95. The molecule has 3 amide bonds. The zero-order valence-corrected chi connectivity index (χ0v) is 7.26. The number of rotatable bonds is 3. The third-order valence-corrected chi connectivity index (χ3v) is 1.41. The molecule has 0 aliphatic heterocycles. The Hall–Kier alpha value is -1.30. The Kier molecular flexibility index (Phi) is 4.78. The first kappa shape index (κ1) is 10.7.